The molecule has 0 spiro atoms. The van der Waals surface area contributed by atoms with Crippen LogP contribution in [-0.2, 0) is 0 Å². The Bertz CT molecular complexity index is 226. The van der Waals surface area contributed by atoms with E-state index in [4.69, 9.17) is 5.73 Å². The average molecular weight is 225 g/mol. The minimum Gasteiger partial charge on any atom is -0.328 e. The molecule has 0 amide bonds. The van der Waals surface area contributed by atoms with Gasteiger partial charge in [-0.2, -0.15) is 0 Å². The molecule has 0 radical (unpaired) electrons. The maximum absolute atomic E-state index is 5.99. The highest BCUT2D eigenvalue weighted by molar-refractivity contribution is 4.89. The Balaban J connectivity index is 1.81. The first-order valence-electron chi connectivity index (χ1n) is 6.71. The molecule has 2 unspecified atom stereocenters. The third kappa shape index (κ3) is 2.76. The fraction of sp³-hybridized carbons (Fsp3) is 1.00. The molecular formula is C13H27N3. The van der Waals surface area contributed by atoms with Crippen LogP contribution in [0.15, 0.2) is 0 Å². The van der Waals surface area contributed by atoms with Crippen molar-refractivity contribution in [3.05, 3.63) is 0 Å². The molecule has 1 saturated heterocycles. The molecular weight excluding hydrogens is 198 g/mol. The van der Waals surface area contributed by atoms with E-state index in [2.05, 4.69) is 30.6 Å². The summed E-state index contributed by atoms with van der Waals surface area (Å²) in [7, 11) is 0. The van der Waals surface area contributed by atoms with Crippen molar-refractivity contribution in [2.75, 3.05) is 26.2 Å². The van der Waals surface area contributed by atoms with Crippen LogP contribution in [0.4, 0.5) is 0 Å². The van der Waals surface area contributed by atoms with E-state index in [-0.39, 0.29) is 0 Å². The third-order valence-corrected chi connectivity index (χ3v) is 4.22. The van der Waals surface area contributed by atoms with E-state index in [1.165, 1.54) is 45.4 Å². The molecule has 16 heavy (non-hydrogen) atoms. The van der Waals surface area contributed by atoms with Crippen molar-refractivity contribution in [2.45, 2.75) is 57.7 Å². The van der Waals surface area contributed by atoms with Crippen LogP contribution in [0.1, 0.15) is 40.0 Å². The van der Waals surface area contributed by atoms with Crippen LogP contribution in [0, 0.1) is 0 Å². The molecule has 94 valence electrons. The predicted octanol–water partition coefficient (Wildman–Crippen LogP) is 1.28. The lowest BCUT2D eigenvalue weighted by Gasteiger charge is -2.44. The molecule has 0 aromatic carbocycles. The summed E-state index contributed by atoms with van der Waals surface area (Å²) in [6, 6.07) is 1.24. The summed E-state index contributed by atoms with van der Waals surface area (Å²) >= 11 is 0. The van der Waals surface area contributed by atoms with Crippen LogP contribution in [0.2, 0.25) is 0 Å². The smallest absolute Gasteiger partial charge is 0.0126 e. The summed E-state index contributed by atoms with van der Waals surface area (Å²) < 4.78 is 0. The Hall–Kier alpha value is -0.120. The zero-order chi connectivity index (χ0) is 11.8. The number of hydrogen-bond acceptors (Lipinski definition) is 3. The molecule has 3 heteroatoms. The summed E-state index contributed by atoms with van der Waals surface area (Å²) in [5.74, 6) is 0. The Labute approximate surface area is 100.0 Å². The lowest BCUT2D eigenvalue weighted by molar-refractivity contribution is 0.0431. The number of piperazine rings is 1. The van der Waals surface area contributed by atoms with Gasteiger partial charge in [-0.15, -0.1) is 0 Å². The molecule has 3 nitrogen and oxygen atoms in total. The van der Waals surface area contributed by atoms with Crippen LogP contribution in [-0.4, -0.2) is 53.6 Å². The van der Waals surface area contributed by atoms with Gasteiger partial charge in [0.05, 0.1) is 0 Å². The molecule has 1 aliphatic carbocycles. The van der Waals surface area contributed by atoms with E-state index in [1.54, 1.807) is 0 Å². The fourth-order valence-corrected chi connectivity index (χ4v) is 3.08. The van der Waals surface area contributed by atoms with Crippen molar-refractivity contribution in [1.29, 1.82) is 0 Å². The summed E-state index contributed by atoms with van der Waals surface area (Å²) in [4.78, 5) is 5.26. The van der Waals surface area contributed by atoms with E-state index in [1.807, 2.05) is 0 Å². The van der Waals surface area contributed by atoms with Gasteiger partial charge in [0, 0.05) is 43.8 Å². The molecule has 0 aromatic heterocycles. The van der Waals surface area contributed by atoms with Crippen molar-refractivity contribution >= 4 is 0 Å². The second kappa shape index (κ2) is 4.63. The van der Waals surface area contributed by atoms with Crippen molar-refractivity contribution in [1.82, 2.24) is 9.80 Å². The maximum atomic E-state index is 5.99. The minimum absolute atomic E-state index is 0.332. The number of nitrogens with zero attached hydrogens (tertiary/aromatic N) is 2. The molecule has 2 rings (SSSR count). The highest BCUT2D eigenvalue weighted by Gasteiger charge is 2.31. The summed E-state index contributed by atoms with van der Waals surface area (Å²) in [6.45, 7) is 11.8. The summed E-state index contributed by atoms with van der Waals surface area (Å²) in [6.07, 6.45) is 3.76. The normalized spacial score (nSPS) is 34.5. The number of rotatable bonds is 1. The van der Waals surface area contributed by atoms with E-state index in [9.17, 15) is 0 Å². The molecule has 2 aliphatic rings. The monoisotopic (exact) mass is 225 g/mol. The van der Waals surface area contributed by atoms with Crippen LogP contribution in [0.5, 0.6) is 0 Å². The first-order valence-corrected chi connectivity index (χ1v) is 6.71. The van der Waals surface area contributed by atoms with Crippen molar-refractivity contribution < 1.29 is 0 Å². The Morgan fingerprint density at radius 1 is 1.00 bits per heavy atom. The topological polar surface area (TPSA) is 32.5 Å². The van der Waals surface area contributed by atoms with Crippen molar-refractivity contribution in [2.24, 2.45) is 5.73 Å². The van der Waals surface area contributed by atoms with Crippen LogP contribution in [0.3, 0.4) is 0 Å². The van der Waals surface area contributed by atoms with Crippen LogP contribution >= 0.6 is 0 Å². The average Bonchev–Trinajstić information content (AvgIpc) is 2.64. The molecule has 1 aliphatic heterocycles. The summed E-state index contributed by atoms with van der Waals surface area (Å²) in [5.41, 5.74) is 6.32. The van der Waals surface area contributed by atoms with Gasteiger partial charge >= 0.3 is 0 Å². The number of hydrogen-bond donors (Lipinski definition) is 1. The van der Waals surface area contributed by atoms with Gasteiger partial charge in [0.15, 0.2) is 0 Å². The molecule has 1 heterocycles. The molecule has 2 fully saturated rings. The zero-order valence-corrected chi connectivity index (χ0v) is 11.1. The SMILES string of the molecule is CC(C)(C)N1CCN(C2CCC(N)C2)CC1. The van der Waals surface area contributed by atoms with Gasteiger partial charge in [0.1, 0.15) is 0 Å². The largest absolute Gasteiger partial charge is 0.328 e. The molecule has 0 bridgehead atoms. The third-order valence-electron chi connectivity index (χ3n) is 4.22. The molecule has 2 atom stereocenters. The molecule has 2 N–H and O–H groups in total. The first-order chi connectivity index (χ1) is 7.47. The van der Waals surface area contributed by atoms with Gasteiger partial charge in [-0.3, -0.25) is 9.80 Å². The fourth-order valence-electron chi connectivity index (χ4n) is 3.08. The Kier molecular flexibility index (Phi) is 3.57. The van der Waals surface area contributed by atoms with Gasteiger partial charge in [-0.25, -0.2) is 0 Å². The number of nitrogens with two attached hydrogens (primary N) is 1. The first kappa shape index (κ1) is 12.3. The Morgan fingerprint density at radius 3 is 2.06 bits per heavy atom. The lowest BCUT2D eigenvalue weighted by atomic mass is 10.0. The second-order valence-corrected chi connectivity index (χ2v) is 6.42. The highest BCUT2D eigenvalue weighted by Crippen LogP contribution is 2.25. The van der Waals surface area contributed by atoms with E-state index < -0.39 is 0 Å². The van der Waals surface area contributed by atoms with Gasteiger partial charge in [0.2, 0.25) is 0 Å². The summed E-state index contributed by atoms with van der Waals surface area (Å²) in [5, 5.41) is 0. The Morgan fingerprint density at radius 2 is 1.62 bits per heavy atom. The minimum atomic E-state index is 0.332. The maximum Gasteiger partial charge on any atom is 0.0126 e. The van der Waals surface area contributed by atoms with Gasteiger partial charge in [-0.05, 0) is 40.0 Å². The van der Waals surface area contributed by atoms with E-state index >= 15 is 0 Å². The van der Waals surface area contributed by atoms with Crippen molar-refractivity contribution in [3.63, 3.8) is 0 Å². The lowest BCUT2D eigenvalue weighted by Crippen LogP contribution is -2.55. The molecule has 0 aromatic rings. The predicted molar refractivity (Wildman–Crippen MR) is 68.5 cm³/mol. The van der Waals surface area contributed by atoms with Gasteiger partial charge < -0.3 is 5.73 Å². The second-order valence-electron chi connectivity index (χ2n) is 6.42. The van der Waals surface area contributed by atoms with Crippen LogP contribution < -0.4 is 5.73 Å². The highest BCUT2D eigenvalue weighted by atomic mass is 15.3. The van der Waals surface area contributed by atoms with E-state index in [0.717, 1.165) is 6.04 Å². The van der Waals surface area contributed by atoms with Crippen molar-refractivity contribution in [3.8, 4) is 0 Å². The zero-order valence-electron chi connectivity index (χ0n) is 11.1. The van der Waals surface area contributed by atoms with Gasteiger partial charge in [0.25, 0.3) is 0 Å². The standard InChI is InChI=1S/C13H27N3/c1-13(2,3)16-8-6-15(7-9-16)12-5-4-11(14)10-12/h11-12H,4-10,14H2,1-3H3. The quantitative estimate of drug-likeness (QED) is 0.730. The molecule has 1 saturated carbocycles. The van der Waals surface area contributed by atoms with E-state index in [0.29, 0.717) is 11.6 Å². The van der Waals surface area contributed by atoms with Crippen LogP contribution in [0.25, 0.3) is 0 Å². The van der Waals surface area contributed by atoms with Gasteiger partial charge in [-0.1, -0.05) is 0 Å².